The topological polar surface area (TPSA) is 112 Å². The van der Waals surface area contributed by atoms with E-state index in [-0.39, 0.29) is 23.6 Å². The van der Waals surface area contributed by atoms with Crippen molar-refractivity contribution in [2.75, 3.05) is 5.32 Å². The Labute approximate surface area is 199 Å². The van der Waals surface area contributed by atoms with E-state index in [1.807, 2.05) is 33.0 Å². The van der Waals surface area contributed by atoms with Gasteiger partial charge in [0.15, 0.2) is 0 Å². The molecule has 0 saturated heterocycles. The molecule has 3 aromatic heterocycles. The van der Waals surface area contributed by atoms with Crippen LogP contribution in [0.3, 0.4) is 0 Å². The third-order valence-corrected chi connectivity index (χ3v) is 7.21. The molecule has 3 atom stereocenters. The highest BCUT2D eigenvalue weighted by Gasteiger charge is 2.41. The number of ether oxygens (including phenoxy) is 2. The van der Waals surface area contributed by atoms with Crippen LogP contribution in [0.5, 0.6) is 5.88 Å². The highest BCUT2D eigenvalue weighted by atomic mass is 16.5. The van der Waals surface area contributed by atoms with Crippen molar-refractivity contribution in [3.63, 3.8) is 0 Å². The predicted molar refractivity (Wildman–Crippen MR) is 130 cm³/mol. The molecule has 4 heterocycles. The Kier molecular flexibility index (Phi) is 5.24. The van der Waals surface area contributed by atoms with Crippen LogP contribution < -0.4 is 15.8 Å². The van der Waals surface area contributed by atoms with Gasteiger partial charge in [-0.3, -0.25) is 0 Å². The molecule has 8 heteroatoms. The predicted octanol–water partition coefficient (Wildman–Crippen LogP) is 4.95. The Morgan fingerprint density at radius 3 is 2.68 bits per heavy atom. The summed E-state index contributed by atoms with van der Waals surface area (Å²) in [5.74, 6) is 1.49. The molecule has 0 aromatic carbocycles. The van der Waals surface area contributed by atoms with Crippen LogP contribution in [-0.4, -0.2) is 32.6 Å². The van der Waals surface area contributed by atoms with Crippen molar-refractivity contribution in [2.45, 2.75) is 77.0 Å². The molecule has 1 aliphatic carbocycles. The molecular weight excluding hydrogens is 430 g/mol. The van der Waals surface area contributed by atoms with Gasteiger partial charge in [0, 0.05) is 23.9 Å². The fourth-order valence-corrected chi connectivity index (χ4v) is 4.17. The average molecular weight is 462 g/mol. The summed E-state index contributed by atoms with van der Waals surface area (Å²) in [6.07, 6.45) is 6.17. The van der Waals surface area contributed by atoms with Gasteiger partial charge in [0.05, 0.1) is 16.6 Å². The van der Waals surface area contributed by atoms with Gasteiger partial charge >= 0.3 is 5.97 Å². The van der Waals surface area contributed by atoms with Gasteiger partial charge in [-0.1, -0.05) is 13.8 Å². The standard InChI is InChI=1S/C26H31N5O3/c1-6-26(5,27)19-13-29-23(34-25(4)9-10-25)18-12-28-21(11-17(18)19)30-20-8-7-16-22(31-20)14(2)15(3)33-24(16)32/h7-8,11-15H,6,9-10,27H2,1-5H3,(H,28,30,31)/t14-,15+,26+/m0/s1. The van der Waals surface area contributed by atoms with Gasteiger partial charge in [-0.25, -0.2) is 19.7 Å². The van der Waals surface area contributed by atoms with E-state index in [0.717, 1.165) is 41.3 Å². The lowest BCUT2D eigenvalue weighted by atomic mass is 9.88. The summed E-state index contributed by atoms with van der Waals surface area (Å²) < 4.78 is 11.6. The Hall–Kier alpha value is -3.26. The van der Waals surface area contributed by atoms with Crippen molar-refractivity contribution in [1.29, 1.82) is 0 Å². The summed E-state index contributed by atoms with van der Waals surface area (Å²) in [5, 5.41) is 5.08. The average Bonchev–Trinajstić information content (AvgIpc) is 3.54. The fraction of sp³-hybridized carbons (Fsp3) is 0.462. The van der Waals surface area contributed by atoms with E-state index in [4.69, 9.17) is 20.2 Å². The van der Waals surface area contributed by atoms with Gasteiger partial charge in [0.1, 0.15) is 23.3 Å². The lowest BCUT2D eigenvalue weighted by molar-refractivity contribution is 0.0235. The summed E-state index contributed by atoms with van der Waals surface area (Å²) in [6, 6.07) is 5.49. The zero-order chi connectivity index (χ0) is 24.3. The third-order valence-electron chi connectivity index (χ3n) is 7.21. The normalized spacial score (nSPS) is 22.5. The second-order valence-electron chi connectivity index (χ2n) is 10.1. The highest BCUT2D eigenvalue weighted by Crippen LogP contribution is 2.42. The molecule has 0 radical (unpaired) electrons. The number of fused-ring (bicyclic) bond motifs is 2. The van der Waals surface area contributed by atoms with E-state index in [0.29, 0.717) is 23.1 Å². The van der Waals surface area contributed by atoms with Crippen LogP contribution >= 0.6 is 0 Å². The zero-order valence-corrected chi connectivity index (χ0v) is 20.3. The molecule has 0 unspecified atom stereocenters. The number of aromatic nitrogens is 3. The Balaban J connectivity index is 1.55. The minimum Gasteiger partial charge on any atom is -0.471 e. The minimum absolute atomic E-state index is 0.00249. The van der Waals surface area contributed by atoms with Gasteiger partial charge < -0.3 is 20.5 Å². The molecule has 5 rings (SSSR count). The van der Waals surface area contributed by atoms with Crippen molar-refractivity contribution in [1.82, 2.24) is 15.0 Å². The summed E-state index contributed by atoms with van der Waals surface area (Å²) >= 11 is 0. The highest BCUT2D eigenvalue weighted by molar-refractivity contribution is 5.93. The molecule has 3 N–H and O–H groups in total. The molecule has 34 heavy (non-hydrogen) atoms. The van der Waals surface area contributed by atoms with Crippen LogP contribution in [-0.2, 0) is 10.3 Å². The van der Waals surface area contributed by atoms with Gasteiger partial charge in [-0.05, 0) is 69.2 Å². The quantitative estimate of drug-likeness (QED) is 0.496. The van der Waals surface area contributed by atoms with Crippen molar-refractivity contribution in [2.24, 2.45) is 5.73 Å². The summed E-state index contributed by atoms with van der Waals surface area (Å²) in [6.45, 7) is 10.1. The number of hydrogen-bond acceptors (Lipinski definition) is 8. The van der Waals surface area contributed by atoms with E-state index in [9.17, 15) is 4.79 Å². The second-order valence-corrected chi connectivity index (χ2v) is 10.1. The van der Waals surface area contributed by atoms with Crippen LogP contribution in [0, 0.1) is 0 Å². The zero-order valence-electron chi connectivity index (χ0n) is 20.3. The maximum absolute atomic E-state index is 12.2. The molecule has 0 amide bonds. The Bertz CT molecular complexity index is 1280. The number of esters is 1. The first-order valence-electron chi connectivity index (χ1n) is 11.9. The molecule has 8 nitrogen and oxygen atoms in total. The lowest BCUT2D eigenvalue weighted by Crippen LogP contribution is -2.32. The Morgan fingerprint density at radius 2 is 1.97 bits per heavy atom. The monoisotopic (exact) mass is 461 g/mol. The summed E-state index contributed by atoms with van der Waals surface area (Å²) in [5.41, 5.74) is 8.10. The Morgan fingerprint density at radius 1 is 1.21 bits per heavy atom. The van der Waals surface area contributed by atoms with E-state index in [1.54, 1.807) is 18.3 Å². The maximum atomic E-state index is 12.2. The van der Waals surface area contributed by atoms with Crippen LogP contribution in [0.15, 0.2) is 30.6 Å². The molecule has 1 fully saturated rings. The molecule has 0 bridgehead atoms. The SMILES string of the molecule is CC[C@@](C)(N)c1cnc(OC2(C)CC2)c2cnc(Nc3ccc4c(n3)[C@@H](C)[C@@H](C)OC4=O)cc12. The van der Waals surface area contributed by atoms with Gasteiger partial charge in [-0.2, -0.15) is 0 Å². The molecule has 2 aliphatic rings. The molecular formula is C26H31N5O3. The smallest absolute Gasteiger partial charge is 0.340 e. The number of nitrogens with one attached hydrogen (secondary N) is 1. The maximum Gasteiger partial charge on any atom is 0.340 e. The number of anilines is 2. The largest absolute Gasteiger partial charge is 0.471 e. The first-order chi connectivity index (χ1) is 16.1. The number of carbonyl (C=O) groups excluding carboxylic acids is 1. The van der Waals surface area contributed by atoms with Gasteiger partial charge in [-0.15, -0.1) is 0 Å². The van der Waals surface area contributed by atoms with Crippen LogP contribution in [0.25, 0.3) is 10.8 Å². The van der Waals surface area contributed by atoms with E-state index in [2.05, 4.69) is 29.1 Å². The van der Waals surface area contributed by atoms with Crippen molar-refractivity contribution >= 4 is 28.4 Å². The van der Waals surface area contributed by atoms with Crippen LogP contribution in [0.1, 0.15) is 81.4 Å². The van der Waals surface area contributed by atoms with Gasteiger partial charge in [0.2, 0.25) is 5.88 Å². The number of rotatable bonds is 6. The molecule has 3 aromatic rings. The van der Waals surface area contributed by atoms with E-state index < -0.39 is 5.54 Å². The van der Waals surface area contributed by atoms with Crippen molar-refractivity contribution in [3.05, 3.63) is 47.4 Å². The number of pyridine rings is 3. The lowest BCUT2D eigenvalue weighted by Gasteiger charge is -2.27. The number of nitrogens with zero attached hydrogens (tertiary/aromatic N) is 3. The van der Waals surface area contributed by atoms with Crippen molar-refractivity contribution in [3.8, 4) is 5.88 Å². The molecule has 1 saturated carbocycles. The number of hydrogen-bond donors (Lipinski definition) is 2. The van der Waals surface area contributed by atoms with Gasteiger partial charge in [0.25, 0.3) is 0 Å². The molecule has 178 valence electrons. The van der Waals surface area contributed by atoms with E-state index in [1.165, 1.54) is 0 Å². The van der Waals surface area contributed by atoms with Crippen LogP contribution in [0.4, 0.5) is 11.6 Å². The number of carbonyl (C=O) groups is 1. The minimum atomic E-state index is -0.554. The van der Waals surface area contributed by atoms with Crippen LogP contribution in [0.2, 0.25) is 0 Å². The summed E-state index contributed by atoms with van der Waals surface area (Å²) in [7, 11) is 0. The van der Waals surface area contributed by atoms with Crippen molar-refractivity contribution < 1.29 is 14.3 Å². The molecule has 0 spiro atoms. The third kappa shape index (κ3) is 3.96. The summed E-state index contributed by atoms with van der Waals surface area (Å²) in [4.78, 5) is 26.2. The first-order valence-corrected chi connectivity index (χ1v) is 11.9. The molecule has 1 aliphatic heterocycles. The number of cyclic esters (lactones) is 1. The fourth-order valence-electron chi connectivity index (χ4n) is 4.17. The number of nitrogens with two attached hydrogens (primary N) is 1. The van der Waals surface area contributed by atoms with E-state index >= 15 is 0 Å². The first kappa shape index (κ1) is 22.5. The second kappa shape index (κ2) is 7.91.